The minimum Gasteiger partial charge on any atom is -0.465 e. The fourth-order valence-corrected chi connectivity index (χ4v) is 5.19. The molecule has 2 aliphatic rings. The number of likely N-dealkylation sites (tertiary alicyclic amines) is 1. The zero-order chi connectivity index (χ0) is 23.3. The molecule has 0 N–H and O–H groups in total. The van der Waals surface area contributed by atoms with Gasteiger partial charge >= 0.3 is 0 Å². The second kappa shape index (κ2) is 10.6. The summed E-state index contributed by atoms with van der Waals surface area (Å²) in [7, 11) is 0. The summed E-state index contributed by atoms with van der Waals surface area (Å²) in [5.74, 6) is 0.322. The average molecular weight is 465 g/mol. The molecular formula is C28H30F2N2O2. The van der Waals surface area contributed by atoms with Crippen LogP contribution in [0.2, 0.25) is 0 Å². The second-order valence-electron chi connectivity index (χ2n) is 9.11. The van der Waals surface area contributed by atoms with Crippen LogP contribution in [0.4, 0.5) is 8.78 Å². The van der Waals surface area contributed by atoms with Crippen LogP contribution in [0.15, 0.2) is 77.4 Å². The zero-order valence-electron chi connectivity index (χ0n) is 19.2. The van der Waals surface area contributed by atoms with Crippen molar-refractivity contribution in [2.45, 2.75) is 31.0 Å². The Morgan fingerprint density at radius 1 is 0.912 bits per heavy atom. The van der Waals surface area contributed by atoms with Gasteiger partial charge in [-0.05, 0) is 66.4 Å². The van der Waals surface area contributed by atoms with Gasteiger partial charge in [0.15, 0.2) is 0 Å². The third-order valence-electron chi connectivity index (χ3n) is 6.89. The highest BCUT2D eigenvalue weighted by Crippen LogP contribution is 2.31. The van der Waals surface area contributed by atoms with Crippen molar-refractivity contribution in [3.8, 4) is 0 Å². The Labute approximate surface area is 199 Å². The van der Waals surface area contributed by atoms with E-state index in [9.17, 15) is 8.78 Å². The van der Waals surface area contributed by atoms with Gasteiger partial charge in [0.2, 0.25) is 0 Å². The predicted octanol–water partition coefficient (Wildman–Crippen LogP) is 5.53. The first-order valence-electron chi connectivity index (χ1n) is 12.0. The first-order chi connectivity index (χ1) is 16.7. The van der Waals surface area contributed by atoms with E-state index >= 15 is 0 Å². The van der Waals surface area contributed by atoms with E-state index in [1.807, 2.05) is 18.2 Å². The summed E-state index contributed by atoms with van der Waals surface area (Å²) in [4.78, 5) is 5.10. The first kappa shape index (κ1) is 23.0. The van der Waals surface area contributed by atoms with E-state index in [1.165, 1.54) is 37.1 Å². The monoisotopic (exact) mass is 464 g/mol. The summed E-state index contributed by atoms with van der Waals surface area (Å²) in [6, 6.07) is 17.7. The molecule has 3 aromatic rings. The number of piperazine rings is 1. The molecule has 2 atom stereocenters. The summed E-state index contributed by atoms with van der Waals surface area (Å²) < 4.78 is 38.6. The van der Waals surface area contributed by atoms with Crippen LogP contribution in [0.25, 0.3) is 6.08 Å². The van der Waals surface area contributed by atoms with Crippen molar-refractivity contribution in [3.05, 3.63) is 102 Å². The van der Waals surface area contributed by atoms with Crippen LogP contribution >= 0.6 is 0 Å². The Balaban J connectivity index is 1.17. The second-order valence-corrected chi connectivity index (χ2v) is 9.11. The van der Waals surface area contributed by atoms with E-state index in [0.717, 1.165) is 43.1 Å². The quantitative estimate of drug-likeness (QED) is 0.417. The van der Waals surface area contributed by atoms with Crippen molar-refractivity contribution in [3.63, 3.8) is 0 Å². The van der Waals surface area contributed by atoms with E-state index in [-0.39, 0.29) is 17.7 Å². The Morgan fingerprint density at radius 2 is 1.53 bits per heavy atom. The Hall–Kier alpha value is -2.80. The van der Waals surface area contributed by atoms with Crippen LogP contribution in [0.5, 0.6) is 0 Å². The fraction of sp³-hybridized carbons (Fsp3) is 0.357. The molecule has 2 saturated heterocycles. The van der Waals surface area contributed by atoms with E-state index in [1.54, 1.807) is 30.5 Å². The van der Waals surface area contributed by atoms with Crippen LogP contribution in [0, 0.1) is 11.6 Å². The van der Waals surface area contributed by atoms with E-state index in [2.05, 4.69) is 15.9 Å². The fourth-order valence-electron chi connectivity index (χ4n) is 5.19. The largest absolute Gasteiger partial charge is 0.465 e. The molecule has 5 rings (SSSR count). The van der Waals surface area contributed by atoms with Gasteiger partial charge in [-0.15, -0.1) is 0 Å². The molecule has 178 valence electrons. The van der Waals surface area contributed by atoms with Gasteiger partial charge in [-0.1, -0.05) is 30.3 Å². The molecule has 1 aromatic heterocycles. The highest BCUT2D eigenvalue weighted by Gasteiger charge is 2.38. The van der Waals surface area contributed by atoms with Gasteiger partial charge in [0, 0.05) is 38.3 Å². The number of benzene rings is 2. The molecule has 0 saturated carbocycles. The standard InChI is InChI=1S/C28H30F2N2O2/c29-23-9-5-21(6-10-23)28(22-7-11-24(30)12-8-22)34-18-16-31-19-25-13-14-26(20-31)32(25)15-1-3-27-4-2-17-33-27/h1-12,17,25-26,28H,13-16,18-20H2. The number of ether oxygens (including phenoxy) is 1. The average Bonchev–Trinajstić information content (AvgIpc) is 3.44. The lowest BCUT2D eigenvalue weighted by atomic mass is 10.0. The third-order valence-corrected chi connectivity index (χ3v) is 6.89. The van der Waals surface area contributed by atoms with Crippen LogP contribution in [-0.4, -0.2) is 54.7 Å². The van der Waals surface area contributed by atoms with Gasteiger partial charge < -0.3 is 9.15 Å². The van der Waals surface area contributed by atoms with Crippen molar-refractivity contribution < 1.29 is 17.9 Å². The van der Waals surface area contributed by atoms with Crippen molar-refractivity contribution >= 4 is 6.08 Å². The highest BCUT2D eigenvalue weighted by molar-refractivity contribution is 5.42. The van der Waals surface area contributed by atoms with Gasteiger partial charge in [0.25, 0.3) is 0 Å². The number of fused-ring (bicyclic) bond motifs is 2. The topological polar surface area (TPSA) is 28.9 Å². The Kier molecular flexibility index (Phi) is 7.19. The van der Waals surface area contributed by atoms with E-state index in [0.29, 0.717) is 18.7 Å². The molecule has 4 nitrogen and oxygen atoms in total. The normalized spacial score (nSPS) is 21.1. The maximum Gasteiger partial charge on any atom is 0.126 e. The smallest absolute Gasteiger partial charge is 0.126 e. The first-order valence-corrected chi connectivity index (χ1v) is 12.0. The summed E-state index contributed by atoms with van der Waals surface area (Å²) >= 11 is 0. The predicted molar refractivity (Wildman–Crippen MR) is 128 cm³/mol. The number of hydrogen-bond acceptors (Lipinski definition) is 4. The van der Waals surface area contributed by atoms with Gasteiger partial charge in [-0.25, -0.2) is 8.78 Å². The lowest BCUT2D eigenvalue weighted by Crippen LogP contribution is -2.54. The van der Waals surface area contributed by atoms with Crippen molar-refractivity contribution in [2.75, 3.05) is 32.8 Å². The third kappa shape index (κ3) is 5.46. The molecule has 0 spiro atoms. The van der Waals surface area contributed by atoms with E-state index < -0.39 is 0 Å². The molecule has 2 fully saturated rings. The lowest BCUT2D eigenvalue weighted by molar-refractivity contribution is 0.0276. The van der Waals surface area contributed by atoms with Crippen molar-refractivity contribution in [1.29, 1.82) is 0 Å². The minimum absolute atomic E-state index is 0.283. The highest BCUT2D eigenvalue weighted by atomic mass is 19.1. The molecule has 34 heavy (non-hydrogen) atoms. The molecule has 3 heterocycles. The number of hydrogen-bond donors (Lipinski definition) is 0. The molecule has 2 unspecified atom stereocenters. The van der Waals surface area contributed by atoms with Crippen LogP contribution < -0.4 is 0 Å². The minimum atomic E-state index is -0.356. The van der Waals surface area contributed by atoms with Gasteiger partial charge in [0.1, 0.15) is 23.5 Å². The SMILES string of the molecule is Fc1ccc(C(OCCN2CC3CCC(C2)N3CC=Cc2ccco2)c2ccc(F)cc2)cc1. The van der Waals surface area contributed by atoms with Crippen molar-refractivity contribution in [2.24, 2.45) is 0 Å². The van der Waals surface area contributed by atoms with Crippen molar-refractivity contribution in [1.82, 2.24) is 9.80 Å². The van der Waals surface area contributed by atoms with Gasteiger partial charge in [-0.3, -0.25) is 9.80 Å². The van der Waals surface area contributed by atoms with Crippen LogP contribution in [0.1, 0.15) is 35.8 Å². The summed E-state index contributed by atoms with van der Waals surface area (Å²) in [5, 5.41) is 0. The number of furan rings is 1. The number of rotatable bonds is 9. The molecule has 0 aliphatic carbocycles. The number of halogens is 2. The Morgan fingerprint density at radius 3 is 2.09 bits per heavy atom. The summed E-state index contributed by atoms with van der Waals surface area (Å²) in [6.07, 6.45) is 8.03. The summed E-state index contributed by atoms with van der Waals surface area (Å²) in [5.41, 5.74) is 1.72. The lowest BCUT2D eigenvalue weighted by Gasteiger charge is -2.40. The van der Waals surface area contributed by atoms with Gasteiger partial charge in [0.05, 0.1) is 12.9 Å². The maximum atomic E-state index is 13.5. The Bertz CT molecular complexity index is 1010. The summed E-state index contributed by atoms with van der Waals surface area (Å²) in [6.45, 7) is 4.40. The molecule has 6 heteroatoms. The molecule has 2 bridgehead atoms. The number of nitrogens with zero attached hydrogens (tertiary/aromatic N) is 2. The van der Waals surface area contributed by atoms with Crippen LogP contribution in [0.3, 0.4) is 0 Å². The maximum absolute atomic E-state index is 13.5. The van der Waals surface area contributed by atoms with E-state index in [4.69, 9.17) is 9.15 Å². The van der Waals surface area contributed by atoms with Gasteiger partial charge in [-0.2, -0.15) is 0 Å². The zero-order valence-corrected chi connectivity index (χ0v) is 19.2. The molecule has 2 aromatic carbocycles. The molecule has 0 amide bonds. The molecule has 2 aliphatic heterocycles. The molecule has 0 radical (unpaired) electrons. The molecular weight excluding hydrogens is 434 g/mol. The van der Waals surface area contributed by atoms with Crippen LogP contribution in [-0.2, 0) is 4.74 Å².